The third-order valence-electron chi connectivity index (χ3n) is 4.60. The molecule has 1 rings (SSSR count). The number of carbonyl (C=O) groups excluding carboxylic acids is 2. The third kappa shape index (κ3) is 8.87. The summed E-state index contributed by atoms with van der Waals surface area (Å²) in [5.74, 6) is -1.45. The monoisotopic (exact) mass is 424 g/mol. The van der Waals surface area contributed by atoms with Crippen molar-refractivity contribution in [2.45, 2.75) is 58.8 Å². The minimum Gasteiger partial charge on any atom is -0.396 e. The molecule has 1 aromatic carbocycles. The quantitative estimate of drug-likeness (QED) is 0.261. The van der Waals surface area contributed by atoms with Gasteiger partial charge in [-0.2, -0.15) is 0 Å². The Kier molecular flexibility index (Phi) is 12.3. The zero-order valence-electron chi connectivity index (χ0n) is 17.8. The smallest absolute Gasteiger partial charge is 0.336 e. The van der Waals surface area contributed by atoms with E-state index in [1.165, 1.54) is 11.0 Å². The molecule has 0 aliphatic heterocycles. The van der Waals surface area contributed by atoms with Crippen molar-refractivity contribution in [3.8, 4) is 0 Å². The van der Waals surface area contributed by atoms with Gasteiger partial charge in [0.25, 0.3) is 5.91 Å². The van der Waals surface area contributed by atoms with E-state index in [0.717, 1.165) is 31.2 Å². The SMILES string of the molecule is CCCCOCC(=O)N(CCCCCCO)c1cc(CC)ccc1C(=O)O[N+](=O)[O-]. The largest absolute Gasteiger partial charge is 0.396 e. The molecule has 0 aliphatic rings. The van der Waals surface area contributed by atoms with Crippen LogP contribution in [0.1, 0.15) is 68.3 Å². The lowest BCUT2D eigenvalue weighted by molar-refractivity contribution is -0.727. The molecule has 0 aliphatic carbocycles. The van der Waals surface area contributed by atoms with Crippen molar-refractivity contribution in [1.29, 1.82) is 0 Å². The molecular formula is C21H32N2O7. The molecule has 0 spiro atoms. The fourth-order valence-corrected chi connectivity index (χ4v) is 2.91. The number of amides is 1. The van der Waals surface area contributed by atoms with Gasteiger partial charge in [-0.1, -0.05) is 39.2 Å². The van der Waals surface area contributed by atoms with Gasteiger partial charge in [-0.25, -0.2) is 4.84 Å². The summed E-state index contributed by atoms with van der Waals surface area (Å²) in [7, 11) is 0. The molecule has 1 N–H and O–H groups in total. The van der Waals surface area contributed by atoms with Crippen LogP contribution in [0.2, 0.25) is 0 Å². The maximum atomic E-state index is 12.9. The molecule has 0 atom stereocenters. The van der Waals surface area contributed by atoms with Gasteiger partial charge in [0.2, 0.25) is 0 Å². The Labute approximate surface area is 177 Å². The van der Waals surface area contributed by atoms with Gasteiger partial charge in [0.05, 0.1) is 11.3 Å². The summed E-state index contributed by atoms with van der Waals surface area (Å²) < 4.78 is 5.46. The van der Waals surface area contributed by atoms with E-state index in [-0.39, 0.29) is 30.4 Å². The van der Waals surface area contributed by atoms with Crippen LogP contribution in [-0.4, -0.2) is 48.4 Å². The fourth-order valence-electron chi connectivity index (χ4n) is 2.91. The number of benzene rings is 1. The van der Waals surface area contributed by atoms with Crippen molar-refractivity contribution in [1.82, 2.24) is 0 Å². The molecule has 9 heteroatoms. The third-order valence-corrected chi connectivity index (χ3v) is 4.60. The lowest BCUT2D eigenvalue weighted by Crippen LogP contribution is -2.36. The minimum absolute atomic E-state index is 0.0406. The first-order chi connectivity index (χ1) is 14.4. The summed E-state index contributed by atoms with van der Waals surface area (Å²) in [5, 5.41) is 18.4. The lowest BCUT2D eigenvalue weighted by atomic mass is 10.1. The van der Waals surface area contributed by atoms with Crippen LogP contribution < -0.4 is 4.90 Å². The number of carbonyl (C=O) groups is 2. The summed E-state index contributed by atoms with van der Waals surface area (Å²) in [6.07, 6.45) is 5.39. The van der Waals surface area contributed by atoms with E-state index in [1.807, 2.05) is 13.8 Å². The van der Waals surface area contributed by atoms with Crippen LogP contribution >= 0.6 is 0 Å². The van der Waals surface area contributed by atoms with Gasteiger partial charge in [0.15, 0.2) is 0 Å². The molecule has 0 bridgehead atoms. The standard InChI is InChI=1S/C21H32N2O7/c1-3-5-14-29-16-20(25)22(12-8-6-7-9-13-24)19-15-17(4-2)10-11-18(19)21(26)30-23(27)28/h10-11,15,24H,3-9,12-14,16H2,1-2H3. The highest BCUT2D eigenvalue weighted by Crippen LogP contribution is 2.25. The number of hydrogen-bond acceptors (Lipinski definition) is 7. The molecule has 0 heterocycles. The average Bonchev–Trinajstić information content (AvgIpc) is 2.72. The summed E-state index contributed by atoms with van der Waals surface area (Å²) in [5.41, 5.74) is 1.13. The van der Waals surface area contributed by atoms with Crippen molar-refractivity contribution in [3.63, 3.8) is 0 Å². The second kappa shape index (κ2) is 14.5. The van der Waals surface area contributed by atoms with E-state index in [2.05, 4.69) is 4.84 Å². The van der Waals surface area contributed by atoms with Crippen molar-refractivity contribution in [3.05, 3.63) is 39.4 Å². The number of unbranched alkanes of at least 4 members (excludes halogenated alkanes) is 4. The van der Waals surface area contributed by atoms with Gasteiger partial charge in [0, 0.05) is 19.8 Å². The van der Waals surface area contributed by atoms with Crippen LogP contribution in [0.5, 0.6) is 0 Å². The molecule has 30 heavy (non-hydrogen) atoms. The first-order valence-electron chi connectivity index (χ1n) is 10.4. The van der Waals surface area contributed by atoms with Crippen LogP contribution in [0, 0.1) is 10.1 Å². The first-order valence-corrected chi connectivity index (χ1v) is 10.4. The number of aliphatic hydroxyl groups excluding tert-OH is 1. The van der Waals surface area contributed by atoms with Gasteiger partial charge >= 0.3 is 11.1 Å². The first kappa shape index (κ1) is 25.5. The molecule has 0 saturated heterocycles. The highest BCUT2D eigenvalue weighted by molar-refractivity contribution is 6.03. The topological polar surface area (TPSA) is 119 Å². The molecule has 0 saturated carbocycles. The molecule has 0 radical (unpaired) electrons. The van der Waals surface area contributed by atoms with Gasteiger partial charge in [-0.05, 0) is 43.4 Å². The molecule has 0 unspecified atom stereocenters. The Morgan fingerprint density at radius 1 is 1.13 bits per heavy atom. The zero-order valence-corrected chi connectivity index (χ0v) is 17.8. The highest BCUT2D eigenvalue weighted by atomic mass is 17.0. The van der Waals surface area contributed by atoms with E-state index in [4.69, 9.17) is 9.84 Å². The van der Waals surface area contributed by atoms with Crippen LogP contribution in [0.25, 0.3) is 0 Å². The van der Waals surface area contributed by atoms with E-state index in [9.17, 15) is 19.7 Å². The van der Waals surface area contributed by atoms with Crippen LogP contribution in [0.4, 0.5) is 5.69 Å². The lowest BCUT2D eigenvalue weighted by Gasteiger charge is -2.25. The fraction of sp³-hybridized carbons (Fsp3) is 0.619. The number of aliphatic hydroxyl groups is 1. The van der Waals surface area contributed by atoms with Crippen LogP contribution in [-0.2, 0) is 20.8 Å². The number of nitrogens with zero attached hydrogens (tertiary/aromatic N) is 2. The van der Waals surface area contributed by atoms with E-state index in [0.29, 0.717) is 32.4 Å². The van der Waals surface area contributed by atoms with Crippen molar-refractivity contribution < 1.29 is 29.4 Å². The van der Waals surface area contributed by atoms with E-state index >= 15 is 0 Å². The number of ether oxygens (including phenoxy) is 1. The summed E-state index contributed by atoms with van der Waals surface area (Å²) in [4.78, 5) is 41.4. The number of hydrogen-bond donors (Lipinski definition) is 1. The maximum Gasteiger partial charge on any atom is 0.336 e. The van der Waals surface area contributed by atoms with E-state index in [1.54, 1.807) is 12.1 Å². The Morgan fingerprint density at radius 2 is 1.87 bits per heavy atom. The van der Waals surface area contributed by atoms with Crippen molar-refractivity contribution >= 4 is 17.6 Å². The molecule has 0 fully saturated rings. The average molecular weight is 424 g/mol. The molecular weight excluding hydrogens is 392 g/mol. The molecule has 168 valence electrons. The molecule has 1 aromatic rings. The summed E-state index contributed by atoms with van der Waals surface area (Å²) in [6.45, 7) is 4.71. The Balaban J connectivity index is 3.12. The van der Waals surface area contributed by atoms with Crippen molar-refractivity contribution in [2.24, 2.45) is 0 Å². The predicted octanol–water partition coefficient (Wildman–Crippen LogP) is 3.30. The van der Waals surface area contributed by atoms with Gasteiger partial charge in [-0.3, -0.25) is 9.59 Å². The highest BCUT2D eigenvalue weighted by Gasteiger charge is 2.24. The number of rotatable bonds is 15. The number of aryl methyl sites for hydroxylation is 1. The summed E-state index contributed by atoms with van der Waals surface area (Å²) >= 11 is 0. The Hall–Kier alpha value is -2.52. The second-order valence-corrected chi connectivity index (χ2v) is 6.90. The molecule has 0 aromatic heterocycles. The van der Waals surface area contributed by atoms with Gasteiger partial charge in [0.1, 0.15) is 6.61 Å². The van der Waals surface area contributed by atoms with Gasteiger partial charge < -0.3 is 14.7 Å². The van der Waals surface area contributed by atoms with Gasteiger partial charge in [-0.15, -0.1) is 10.1 Å². The second-order valence-electron chi connectivity index (χ2n) is 6.90. The van der Waals surface area contributed by atoms with Crippen molar-refractivity contribution in [2.75, 3.05) is 31.3 Å². The predicted molar refractivity (Wildman–Crippen MR) is 112 cm³/mol. The summed E-state index contributed by atoms with van der Waals surface area (Å²) in [6, 6.07) is 4.82. The molecule has 1 amide bonds. The molecule has 9 nitrogen and oxygen atoms in total. The Bertz CT molecular complexity index is 694. The minimum atomic E-state index is -1.16. The zero-order chi connectivity index (χ0) is 22.4. The number of anilines is 1. The Morgan fingerprint density at radius 3 is 2.50 bits per heavy atom. The van der Waals surface area contributed by atoms with Crippen LogP contribution in [0.15, 0.2) is 18.2 Å². The van der Waals surface area contributed by atoms with E-state index < -0.39 is 11.1 Å². The normalized spacial score (nSPS) is 10.6. The maximum absolute atomic E-state index is 12.9. The van der Waals surface area contributed by atoms with Crippen LogP contribution in [0.3, 0.4) is 0 Å².